The topological polar surface area (TPSA) is 76.9 Å². The molecule has 0 aliphatic carbocycles. The molecule has 25 heavy (non-hydrogen) atoms. The lowest BCUT2D eigenvalue weighted by atomic mass is 10.1. The zero-order chi connectivity index (χ0) is 17.9. The molecule has 1 aromatic heterocycles. The second-order valence-electron chi connectivity index (χ2n) is 5.28. The zero-order valence-corrected chi connectivity index (χ0v) is 13.7. The van der Waals surface area contributed by atoms with Crippen molar-refractivity contribution in [1.82, 2.24) is 19.5 Å². The summed E-state index contributed by atoms with van der Waals surface area (Å²) in [6.45, 7) is 0.451. The van der Waals surface area contributed by atoms with Crippen LogP contribution in [0.2, 0.25) is 0 Å². The smallest absolute Gasteiger partial charge is 0.246 e. The third-order valence-corrected chi connectivity index (χ3v) is 4.94. The third kappa shape index (κ3) is 4.06. The number of aromatic nitrogens is 3. The second kappa shape index (κ2) is 7.08. The predicted molar refractivity (Wildman–Crippen MR) is 85.9 cm³/mol. The number of nitrogens with zero attached hydrogens (tertiary/aromatic N) is 3. The van der Waals surface area contributed by atoms with E-state index in [2.05, 4.69) is 14.8 Å². The maximum atomic E-state index is 13.6. The highest BCUT2D eigenvalue weighted by molar-refractivity contribution is 7.89. The normalized spacial score (nSPS) is 11.6. The lowest BCUT2D eigenvalue weighted by Gasteiger charge is -2.09. The fraction of sp³-hybridized carbons (Fsp3) is 0.125. The largest absolute Gasteiger partial charge is 0.249 e. The highest BCUT2D eigenvalue weighted by Gasteiger charge is 2.23. The summed E-state index contributed by atoms with van der Waals surface area (Å²) in [5.74, 6) is -2.26. The predicted octanol–water partition coefficient (Wildman–Crippen LogP) is 2.08. The van der Waals surface area contributed by atoms with Gasteiger partial charge in [0.25, 0.3) is 0 Å². The van der Waals surface area contributed by atoms with E-state index in [1.807, 2.05) is 12.1 Å². The van der Waals surface area contributed by atoms with E-state index >= 15 is 0 Å². The standard InChI is InChI=1S/C16H14F2N4O2S/c17-14-2-1-3-15(18)16(14)25(23,24)21-8-12-4-6-13(7-5-12)9-22-11-19-10-20-22/h1-7,10-11,21H,8-9H2. The first-order valence-electron chi connectivity index (χ1n) is 7.29. The van der Waals surface area contributed by atoms with Crippen molar-refractivity contribution in [2.24, 2.45) is 0 Å². The molecule has 0 aliphatic rings. The molecule has 1 N–H and O–H groups in total. The van der Waals surface area contributed by atoms with Crippen LogP contribution in [0.1, 0.15) is 11.1 Å². The molecule has 9 heteroatoms. The Labute approximate surface area is 143 Å². The first-order chi connectivity index (χ1) is 12.0. The molecule has 0 fully saturated rings. The Morgan fingerprint density at radius 3 is 2.24 bits per heavy atom. The molecular formula is C16H14F2N4O2S. The zero-order valence-electron chi connectivity index (χ0n) is 12.9. The molecule has 0 atom stereocenters. The molecule has 130 valence electrons. The first kappa shape index (κ1) is 17.2. The van der Waals surface area contributed by atoms with Crippen LogP contribution in [0.5, 0.6) is 0 Å². The van der Waals surface area contributed by atoms with E-state index in [4.69, 9.17) is 0 Å². The molecule has 0 bridgehead atoms. The van der Waals surface area contributed by atoms with Gasteiger partial charge in [0.1, 0.15) is 24.3 Å². The molecule has 6 nitrogen and oxygen atoms in total. The second-order valence-corrected chi connectivity index (χ2v) is 6.99. The molecular weight excluding hydrogens is 350 g/mol. The van der Waals surface area contributed by atoms with Gasteiger partial charge in [0.2, 0.25) is 10.0 Å². The molecule has 0 unspecified atom stereocenters. The van der Waals surface area contributed by atoms with Crippen LogP contribution in [-0.4, -0.2) is 23.2 Å². The third-order valence-electron chi connectivity index (χ3n) is 3.49. The highest BCUT2D eigenvalue weighted by atomic mass is 32.2. The Morgan fingerprint density at radius 2 is 1.64 bits per heavy atom. The Kier molecular flexibility index (Phi) is 4.86. The average Bonchev–Trinajstić information content (AvgIpc) is 3.07. The van der Waals surface area contributed by atoms with Crippen molar-refractivity contribution >= 4 is 10.0 Å². The summed E-state index contributed by atoms with van der Waals surface area (Å²) in [6.07, 6.45) is 3.02. The van der Waals surface area contributed by atoms with Crippen LogP contribution >= 0.6 is 0 Å². The van der Waals surface area contributed by atoms with Crippen molar-refractivity contribution in [3.05, 3.63) is 77.9 Å². The molecule has 0 saturated carbocycles. The van der Waals surface area contributed by atoms with Crippen LogP contribution < -0.4 is 4.72 Å². The molecule has 3 rings (SSSR count). The maximum absolute atomic E-state index is 13.6. The van der Waals surface area contributed by atoms with Gasteiger partial charge in [0.05, 0.1) is 6.54 Å². The van der Waals surface area contributed by atoms with E-state index in [1.54, 1.807) is 23.1 Å². The van der Waals surface area contributed by atoms with Crippen LogP contribution in [0, 0.1) is 11.6 Å². The number of sulfonamides is 1. The van der Waals surface area contributed by atoms with Crippen molar-refractivity contribution in [3.8, 4) is 0 Å². The van der Waals surface area contributed by atoms with Gasteiger partial charge in [-0.1, -0.05) is 30.3 Å². The Morgan fingerprint density at radius 1 is 1.00 bits per heavy atom. The Hall–Kier alpha value is -2.65. The van der Waals surface area contributed by atoms with E-state index in [-0.39, 0.29) is 6.54 Å². The van der Waals surface area contributed by atoms with Gasteiger partial charge in [-0.15, -0.1) is 0 Å². The molecule has 0 radical (unpaired) electrons. The van der Waals surface area contributed by atoms with Crippen LogP contribution in [-0.2, 0) is 23.1 Å². The Balaban J connectivity index is 1.69. The number of hydrogen-bond donors (Lipinski definition) is 1. The van der Waals surface area contributed by atoms with Gasteiger partial charge in [0.15, 0.2) is 4.90 Å². The molecule has 0 aliphatic heterocycles. The minimum atomic E-state index is -4.29. The summed E-state index contributed by atoms with van der Waals surface area (Å²) in [5, 5.41) is 4.00. The molecule has 0 amide bonds. The van der Waals surface area contributed by atoms with Gasteiger partial charge >= 0.3 is 0 Å². The van der Waals surface area contributed by atoms with Crippen molar-refractivity contribution in [1.29, 1.82) is 0 Å². The fourth-order valence-corrected chi connectivity index (χ4v) is 3.40. The van der Waals surface area contributed by atoms with Gasteiger partial charge in [0, 0.05) is 6.54 Å². The number of hydrogen-bond acceptors (Lipinski definition) is 4. The van der Waals surface area contributed by atoms with Crippen LogP contribution in [0.15, 0.2) is 60.0 Å². The molecule has 0 spiro atoms. The molecule has 2 aromatic carbocycles. The van der Waals surface area contributed by atoms with Crippen molar-refractivity contribution in [3.63, 3.8) is 0 Å². The number of halogens is 2. The summed E-state index contributed by atoms with van der Waals surface area (Å²) < 4.78 is 55.4. The van der Waals surface area contributed by atoms with Crippen LogP contribution in [0.25, 0.3) is 0 Å². The summed E-state index contributed by atoms with van der Waals surface area (Å²) in [7, 11) is -4.29. The number of rotatable bonds is 6. The van der Waals surface area contributed by atoms with E-state index in [0.29, 0.717) is 12.1 Å². The van der Waals surface area contributed by atoms with Crippen LogP contribution in [0.4, 0.5) is 8.78 Å². The SMILES string of the molecule is O=S(=O)(NCc1ccc(Cn2cncn2)cc1)c1c(F)cccc1F. The van der Waals surface area contributed by atoms with E-state index in [1.165, 1.54) is 6.33 Å². The van der Waals surface area contributed by atoms with Crippen LogP contribution in [0.3, 0.4) is 0 Å². The van der Waals surface area contributed by atoms with Gasteiger partial charge in [-0.05, 0) is 23.3 Å². The molecule has 3 aromatic rings. The molecule has 0 saturated heterocycles. The lowest BCUT2D eigenvalue weighted by molar-refractivity contribution is 0.514. The minimum absolute atomic E-state index is 0.0836. The summed E-state index contributed by atoms with van der Waals surface area (Å²) in [4.78, 5) is 2.87. The number of nitrogens with one attached hydrogen (secondary N) is 1. The minimum Gasteiger partial charge on any atom is -0.249 e. The van der Waals surface area contributed by atoms with Gasteiger partial charge in [-0.3, -0.25) is 0 Å². The van der Waals surface area contributed by atoms with E-state index < -0.39 is 26.6 Å². The maximum Gasteiger partial charge on any atom is 0.246 e. The fourth-order valence-electron chi connectivity index (χ4n) is 2.25. The average molecular weight is 364 g/mol. The Bertz CT molecular complexity index is 938. The summed E-state index contributed by atoms with van der Waals surface area (Å²) >= 11 is 0. The monoisotopic (exact) mass is 364 g/mol. The molecule has 1 heterocycles. The van der Waals surface area contributed by atoms with E-state index in [0.717, 1.165) is 23.8 Å². The summed E-state index contributed by atoms with van der Waals surface area (Å²) in [5.41, 5.74) is 1.61. The highest BCUT2D eigenvalue weighted by Crippen LogP contribution is 2.18. The first-order valence-corrected chi connectivity index (χ1v) is 8.78. The lowest BCUT2D eigenvalue weighted by Crippen LogP contribution is -2.25. The summed E-state index contributed by atoms with van der Waals surface area (Å²) in [6, 6.07) is 9.99. The number of benzene rings is 2. The van der Waals surface area contributed by atoms with Crippen molar-refractivity contribution in [2.45, 2.75) is 18.0 Å². The van der Waals surface area contributed by atoms with Gasteiger partial charge < -0.3 is 0 Å². The van der Waals surface area contributed by atoms with E-state index in [9.17, 15) is 17.2 Å². The van der Waals surface area contributed by atoms with Gasteiger partial charge in [-0.2, -0.15) is 5.10 Å². The van der Waals surface area contributed by atoms with Crippen molar-refractivity contribution in [2.75, 3.05) is 0 Å². The van der Waals surface area contributed by atoms with Crippen molar-refractivity contribution < 1.29 is 17.2 Å². The van der Waals surface area contributed by atoms with Gasteiger partial charge in [-0.25, -0.2) is 31.6 Å². The quantitative estimate of drug-likeness (QED) is 0.727.